The molecule has 0 aliphatic carbocycles. The van der Waals surface area contributed by atoms with Gasteiger partial charge in [-0.3, -0.25) is 9.79 Å². The standard InChI is InChI=1S/C21H30N6O.HI/c1-16(2)20(28)26-12-10-18(15-26)25-21(22-3)23-11-9-17-13-24-27(14-17)19-7-5-4-6-8-19;/h4-8,13-14,16,18H,9-12,15H2,1-3H3,(H2,22,23,25);1H. The molecular weight excluding hydrogens is 479 g/mol. The molecule has 1 unspecified atom stereocenters. The minimum absolute atomic E-state index is 0. The van der Waals surface area contributed by atoms with Crippen LogP contribution in [0.5, 0.6) is 0 Å². The molecule has 2 aromatic rings. The molecule has 158 valence electrons. The molecule has 7 nitrogen and oxygen atoms in total. The molecule has 8 heteroatoms. The third-order valence-electron chi connectivity index (χ3n) is 4.92. The van der Waals surface area contributed by atoms with Gasteiger partial charge < -0.3 is 15.5 Å². The maximum Gasteiger partial charge on any atom is 0.225 e. The second-order valence-electron chi connectivity index (χ2n) is 7.45. The van der Waals surface area contributed by atoms with Gasteiger partial charge in [0.2, 0.25) is 5.91 Å². The van der Waals surface area contributed by atoms with Gasteiger partial charge in [-0.15, -0.1) is 24.0 Å². The molecular formula is C21H31IN6O. The number of rotatable bonds is 6. The monoisotopic (exact) mass is 510 g/mol. The van der Waals surface area contributed by atoms with Crippen LogP contribution in [0.25, 0.3) is 5.69 Å². The van der Waals surface area contributed by atoms with E-state index in [0.29, 0.717) is 0 Å². The maximum atomic E-state index is 12.1. The smallest absolute Gasteiger partial charge is 0.225 e. The van der Waals surface area contributed by atoms with Crippen molar-refractivity contribution in [2.75, 3.05) is 26.7 Å². The molecule has 1 saturated heterocycles. The molecule has 0 spiro atoms. The zero-order chi connectivity index (χ0) is 19.9. The second kappa shape index (κ2) is 11.2. The zero-order valence-corrected chi connectivity index (χ0v) is 19.7. The van der Waals surface area contributed by atoms with Gasteiger partial charge in [-0.05, 0) is 30.5 Å². The van der Waals surface area contributed by atoms with E-state index in [9.17, 15) is 4.79 Å². The predicted molar refractivity (Wildman–Crippen MR) is 127 cm³/mol. The van der Waals surface area contributed by atoms with E-state index < -0.39 is 0 Å². The number of para-hydroxylation sites is 1. The van der Waals surface area contributed by atoms with Crippen LogP contribution in [-0.2, 0) is 11.2 Å². The van der Waals surface area contributed by atoms with Crippen molar-refractivity contribution in [3.05, 3.63) is 48.3 Å². The summed E-state index contributed by atoms with van der Waals surface area (Å²) < 4.78 is 1.89. The number of carbonyl (C=O) groups excluding carboxylic acids is 1. The van der Waals surface area contributed by atoms with Crippen molar-refractivity contribution in [2.45, 2.75) is 32.7 Å². The summed E-state index contributed by atoms with van der Waals surface area (Å²) in [7, 11) is 1.77. The topological polar surface area (TPSA) is 74.6 Å². The van der Waals surface area contributed by atoms with E-state index in [1.807, 2.05) is 60.0 Å². The van der Waals surface area contributed by atoms with Crippen molar-refractivity contribution in [3.8, 4) is 5.69 Å². The number of carbonyl (C=O) groups is 1. The molecule has 1 aromatic heterocycles. The molecule has 1 fully saturated rings. The molecule has 1 atom stereocenters. The van der Waals surface area contributed by atoms with E-state index >= 15 is 0 Å². The molecule has 1 aliphatic heterocycles. The van der Waals surface area contributed by atoms with Crippen molar-refractivity contribution < 1.29 is 4.79 Å². The van der Waals surface area contributed by atoms with Crippen molar-refractivity contribution >= 4 is 35.8 Å². The first kappa shape index (κ1) is 23.2. The molecule has 0 bridgehead atoms. The number of guanidine groups is 1. The molecule has 2 heterocycles. The normalized spacial score (nSPS) is 16.6. The highest BCUT2D eigenvalue weighted by molar-refractivity contribution is 14.0. The molecule has 1 aromatic carbocycles. The third kappa shape index (κ3) is 6.45. The highest BCUT2D eigenvalue weighted by atomic mass is 127. The summed E-state index contributed by atoms with van der Waals surface area (Å²) in [5.74, 6) is 1.05. The molecule has 0 saturated carbocycles. The molecule has 0 radical (unpaired) electrons. The predicted octanol–water partition coefficient (Wildman–Crippen LogP) is 2.45. The van der Waals surface area contributed by atoms with Crippen LogP contribution in [0.1, 0.15) is 25.8 Å². The van der Waals surface area contributed by atoms with Gasteiger partial charge in [-0.1, -0.05) is 32.0 Å². The summed E-state index contributed by atoms with van der Waals surface area (Å²) in [5.41, 5.74) is 2.22. The van der Waals surface area contributed by atoms with Gasteiger partial charge in [0, 0.05) is 44.8 Å². The van der Waals surface area contributed by atoms with Crippen LogP contribution in [0.4, 0.5) is 0 Å². The van der Waals surface area contributed by atoms with E-state index in [0.717, 1.165) is 44.1 Å². The van der Waals surface area contributed by atoms with Crippen LogP contribution in [0.15, 0.2) is 47.7 Å². The van der Waals surface area contributed by atoms with Gasteiger partial charge in [-0.25, -0.2) is 4.68 Å². The molecule has 1 aliphatic rings. The number of nitrogens with zero attached hydrogens (tertiary/aromatic N) is 4. The minimum Gasteiger partial charge on any atom is -0.356 e. The van der Waals surface area contributed by atoms with Crippen LogP contribution >= 0.6 is 24.0 Å². The van der Waals surface area contributed by atoms with E-state index in [1.54, 1.807) is 7.05 Å². The Hall–Kier alpha value is -2.10. The number of likely N-dealkylation sites (tertiary alicyclic amines) is 1. The highest BCUT2D eigenvalue weighted by Gasteiger charge is 2.27. The number of aliphatic imine (C=N–C) groups is 1. The van der Waals surface area contributed by atoms with Crippen LogP contribution in [-0.4, -0.2) is 59.3 Å². The van der Waals surface area contributed by atoms with Gasteiger partial charge in [-0.2, -0.15) is 5.10 Å². The Morgan fingerprint density at radius 3 is 2.76 bits per heavy atom. The fraction of sp³-hybridized carbons (Fsp3) is 0.476. The maximum absolute atomic E-state index is 12.1. The van der Waals surface area contributed by atoms with Gasteiger partial charge in [0.05, 0.1) is 11.9 Å². The summed E-state index contributed by atoms with van der Waals surface area (Å²) in [4.78, 5) is 18.4. The molecule has 29 heavy (non-hydrogen) atoms. The lowest BCUT2D eigenvalue weighted by Gasteiger charge is -2.20. The first-order valence-electron chi connectivity index (χ1n) is 9.91. The number of benzene rings is 1. The van der Waals surface area contributed by atoms with Crippen LogP contribution in [0, 0.1) is 5.92 Å². The number of hydrogen-bond donors (Lipinski definition) is 2. The highest BCUT2D eigenvalue weighted by Crippen LogP contribution is 2.12. The minimum atomic E-state index is 0. The van der Waals surface area contributed by atoms with Gasteiger partial charge >= 0.3 is 0 Å². The van der Waals surface area contributed by atoms with Gasteiger partial charge in [0.15, 0.2) is 5.96 Å². The third-order valence-corrected chi connectivity index (χ3v) is 4.92. The number of aromatic nitrogens is 2. The van der Waals surface area contributed by atoms with Gasteiger partial charge in [0.1, 0.15) is 0 Å². The van der Waals surface area contributed by atoms with E-state index in [2.05, 4.69) is 26.9 Å². The Kier molecular flexibility index (Phi) is 8.94. The van der Waals surface area contributed by atoms with Crippen molar-refractivity contribution in [1.82, 2.24) is 25.3 Å². The van der Waals surface area contributed by atoms with E-state index in [1.165, 1.54) is 5.56 Å². The summed E-state index contributed by atoms with van der Waals surface area (Å²) in [6, 6.07) is 10.3. The lowest BCUT2D eigenvalue weighted by Crippen LogP contribution is -2.45. The number of amides is 1. The van der Waals surface area contributed by atoms with Crippen LogP contribution in [0.3, 0.4) is 0 Å². The quantitative estimate of drug-likeness (QED) is 0.356. The summed E-state index contributed by atoms with van der Waals surface area (Å²) in [6.07, 6.45) is 5.76. The molecule has 3 rings (SSSR count). The number of hydrogen-bond acceptors (Lipinski definition) is 3. The number of nitrogens with one attached hydrogen (secondary N) is 2. The summed E-state index contributed by atoms with van der Waals surface area (Å²) >= 11 is 0. The van der Waals surface area contributed by atoms with Crippen molar-refractivity contribution in [1.29, 1.82) is 0 Å². The summed E-state index contributed by atoms with van der Waals surface area (Å²) in [6.45, 7) is 6.21. The SMILES string of the molecule is CN=C(NCCc1cnn(-c2ccccc2)c1)NC1CCN(C(=O)C(C)C)C1.I. The fourth-order valence-corrected chi connectivity index (χ4v) is 3.37. The van der Waals surface area contributed by atoms with Crippen molar-refractivity contribution in [2.24, 2.45) is 10.9 Å². The fourth-order valence-electron chi connectivity index (χ4n) is 3.37. The van der Waals surface area contributed by atoms with Gasteiger partial charge in [0.25, 0.3) is 0 Å². The molecule has 1 amide bonds. The first-order valence-corrected chi connectivity index (χ1v) is 9.91. The van der Waals surface area contributed by atoms with Crippen molar-refractivity contribution in [3.63, 3.8) is 0 Å². The van der Waals surface area contributed by atoms with E-state index in [4.69, 9.17) is 0 Å². The second-order valence-corrected chi connectivity index (χ2v) is 7.45. The summed E-state index contributed by atoms with van der Waals surface area (Å²) in [5, 5.41) is 11.2. The lowest BCUT2D eigenvalue weighted by molar-refractivity contribution is -0.133. The Morgan fingerprint density at radius 2 is 2.07 bits per heavy atom. The first-order chi connectivity index (χ1) is 13.6. The number of halogens is 1. The molecule has 2 N–H and O–H groups in total. The Labute approximate surface area is 190 Å². The largest absolute Gasteiger partial charge is 0.356 e. The lowest BCUT2D eigenvalue weighted by atomic mass is 10.2. The van der Waals surface area contributed by atoms with Crippen LogP contribution in [0.2, 0.25) is 0 Å². The zero-order valence-electron chi connectivity index (χ0n) is 17.3. The Balaban J connectivity index is 0.00000300. The average molecular weight is 510 g/mol. The average Bonchev–Trinajstić information content (AvgIpc) is 3.37. The Morgan fingerprint density at radius 1 is 1.31 bits per heavy atom. The Bertz CT molecular complexity index is 805. The van der Waals surface area contributed by atoms with Crippen LogP contribution < -0.4 is 10.6 Å². The van der Waals surface area contributed by atoms with E-state index in [-0.39, 0.29) is 41.8 Å².